The number of fused-ring (bicyclic) bond motifs is 1. The minimum Gasteiger partial charge on any atom is -0.458 e. The van der Waals surface area contributed by atoms with Crippen LogP contribution in [0.5, 0.6) is 0 Å². The topological polar surface area (TPSA) is 25.2 Å². The van der Waals surface area contributed by atoms with E-state index in [-0.39, 0.29) is 6.04 Å². The molecule has 0 bridgehead atoms. The van der Waals surface area contributed by atoms with E-state index in [2.05, 4.69) is 39.4 Å². The fraction of sp³-hybridized carbons (Fsp3) is 0.176. The van der Waals surface area contributed by atoms with Crippen molar-refractivity contribution in [1.82, 2.24) is 5.32 Å². The first-order chi connectivity index (χ1) is 10.2. The summed E-state index contributed by atoms with van der Waals surface area (Å²) < 4.78 is 7.06. The summed E-state index contributed by atoms with van der Waals surface area (Å²) in [4.78, 5) is 0. The highest BCUT2D eigenvalue weighted by atomic mass is 79.9. The second-order valence-corrected chi connectivity index (χ2v) is 6.21. The summed E-state index contributed by atoms with van der Waals surface area (Å²) in [6.45, 7) is 0. The van der Waals surface area contributed by atoms with Crippen LogP contribution in [0.15, 0.2) is 57.4 Å². The molecule has 21 heavy (non-hydrogen) atoms. The summed E-state index contributed by atoms with van der Waals surface area (Å²) in [7, 11) is 1.94. The van der Waals surface area contributed by atoms with Crippen molar-refractivity contribution in [1.29, 1.82) is 0 Å². The van der Waals surface area contributed by atoms with Gasteiger partial charge in [-0.1, -0.05) is 57.9 Å². The average molecular weight is 365 g/mol. The summed E-state index contributed by atoms with van der Waals surface area (Å²) in [5.41, 5.74) is 1.99. The van der Waals surface area contributed by atoms with Gasteiger partial charge in [0.05, 0.1) is 11.1 Å². The molecule has 4 heteroatoms. The van der Waals surface area contributed by atoms with E-state index in [1.54, 1.807) is 0 Å². The van der Waals surface area contributed by atoms with Gasteiger partial charge < -0.3 is 9.73 Å². The minimum atomic E-state index is 0.104. The van der Waals surface area contributed by atoms with Crippen molar-refractivity contribution in [3.05, 3.63) is 69.3 Å². The van der Waals surface area contributed by atoms with E-state index in [0.717, 1.165) is 27.6 Å². The molecule has 0 spiro atoms. The maximum Gasteiger partial charge on any atom is 0.152 e. The zero-order valence-corrected chi connectivity index (χ0v) is 13.9. The maximum atomic E-state index is 6.18. The summed E-state index contributed by atoms with van der Waals surface area (Å²) in [5, 5.41) is 5.00. The molecule has 1 N–H and O–H groups in total. The summed E-state index contributed by atoms with van der Waals surface area (Å²) in [5.74, 6) is 0.899. The lowest BCUT2D eigenvalue weighted by Gasteiger charge is -2.14. The SMILES string of the molecule is CNC(Cc1ccccc1Br)c1cc2cccc(Cl)c2o1. The first kappa shape index (κ1) is 14.6. The van der Waals surface area contributed by atoms with Crippen LogP contribution in [0, 0.1) is 0 Å². The molecule has 2 aromatic carbocycles. The van der Waals surface area contributed by atoms with E-state index >= 15 is 0 Å². The molecule has 0 fully saturated rings. The predicted molar refractivity (Wildman–Crippen MR) is 90.9 cm³/mol. The number of rotatable bonds is 4. The van der Waals surface area contributed by atoms with Crippen LogP contribution >= 0.6 is 27.5 Å². The van der Waals surface area contributed by atoms with Crippen molar-refractivity contribution in [2.45, 2.75) is 12.5 Å². The number of hydrogen-bond donors (Lipinski definition) is 1. The van der Waals surface area contributed by atoms with Gasteiger partial charge >= 0.3 is 0 Å². The van der Waals surface area contributed by atoms with Crippen LogP contribution < -0.4 is 5.32 Å². The fourth-order valence-electron chi connectivity index (χ4n) is 2.45. The Morgan fingerprint density at radius 3 is 2.71 bits per heavy atom. The Morgan fingerprint density at radius 2 is 2.00 bits per heavy atom. The van der Waals surface area contributed by atoms with Crippen LogP contribution in [-0.2, 0) is 6.42 Å². The van der Waals surface area contributed by atoms with Gasteiger partial charge in [0.25, 0.3) is 0 Å². The van der Waals surface area contributed by atoms with Gasteiger partial charge in [0, 0.05) is 9.86 Å². The third-order valence-electron chi connectivity index (χ3n) is 3.59. The molecule has 0 amide bonds. The first-order valence-corrected chi connectivity index (χ1v) is 7.95. The lowest BCUT2D eigenvalue weighted by atomic mass is 10.0. The van der Waals surface area contributed by atoms with Gasteiger partial charge in [-0.3, -0.25) is 0 Å². The number of furan rings is 1. The van der Waals surface area contributed by atoms with Crippen LogP contribution in [0.25, 0.3) is 11.0 Å². The Hall–Kier alpha value is -1.29. The number of para-hydroxylation sites is 1. The molecule has 2 nitrogen and oxygen atoms in total. The van der Waals surface area contributed by atoms with Gasteiger partial charge in [-0.05, 0) is 37.2 Å². The molecule has 1 atom stereocenters. The van der Waals surface area contributed by atoms with Crippen molar-refractivity contribution in [3.8, 4) is 0 Å². The molecular formula is C17H15BrClNO. The zero-order valence-electron chi connectivity index (χ0n) is 11.6. The maximum absolute atomic E-state index is 6.18. The lowest BCUT2D eigenvalue weighted by molar-refractivity contribution is 0.450. The molecule has 1 heterocycles. The molecule has 1 aromatic heterocycles. The molecule has 0 aliphatic carbocycles. The lowest BCUT2D eigenvalue weighted by Crippen LogP contribution is -2.18. The molecule has 3 rings (SSSR count). The molecule has 0 aliphatic rings. The Morgan fingerprint density at radius 1 is 1.19 bits per heavy atom. The third kappa shape index (κ3) is 3.00. The second-order valence-electron chi connectivity index (χ2n) is 4.94. The largest absolute Gasteiger partial charge is 0.458 e. The molecular weight excluding hydrogens is 350 g/mol. The Labute approximate surface area is 137 Å². The van der Waals surface area contributed by atoms with Gasteiger partial charge in [-0.15, -0.1) is 0 Å². The molecule has 0 saturated heterocycles. The zero-order chi connectivity index (χ0) is 14.8. The van der Waals surface area contributed by atoms with Crippen molar-refractivity contribution < 1.29 is 4.42 Å². The van der Waals surface area contributed by atoms with Crippen LogP contribution in [0.4, 0.5) is 0 Å². The van der Waals surface area contributed by atoms with Crippen molar-refractivity contribution in [2.75, 3.05) is 7.05 Å². The van der Waals surface area contributed by atoms with Crippen LogP contribution in [0.2, 0.25) is 5.02 Å². The van der Waals surface area contributed by atoms with Gasteiger partial charge in [-0.25, -0.2) is 0 Å². The highest BCUT2D eigenvalue weighted by Gasteiger charge is 2.17. The Bertz CT molecular complexity index is 768. The summed E-state index contributed by atoms with van der Waals surface area (Å²) >= 11 is 9.78. The van der Waals surface area contributed by atoms with E-state index < -0.39 is 0 Å². The second kappa shape index (κ2) is 6.22. The highest BCUT2D eigenvalue weighted by Crippen LogP contribution is 2.31. The Kier molecular flexibility index (Phi) is 4.34. The number of nitrogens with one attached hydrogen (secondary N) is 1. The first-order valence-electron chi connectivity index (χ1n) is 6.77. The quantitative estimate of drug-likeness (QED) is 0.675. The average Bonchev–Trinajstić information content (AvgIpc) is 2.92. The van der Waals surface area contributed by atoms with Crippen LogP contribution in [-0.4, -0.2) is 7.05 Å². The minimum absolute atomic E-state index is 0.104. The molecule has 0 aliphatic heterocycles. The van der Waals surface area contributed by atoms with Crippen molar-refractivity contribution in [2.24, 2.45) is 0 Å². The number of benzene rings is 2. The van der Waals surface area contributed by atoms with Gasteiger partial charge in [-0.2, -0.15) is 0 Å². The van der Waals surface area contributed by atoms with E-state index in [9.17, 15) is 0 Å². The van der Waals surface area contributed by atoms with E-state index in [1.165, 1.54) is 5.56 Å². The van der Waals surface area contributed by atoms with Crippen LogP contribution in [0.3, 0.4) is 0 Å². The number of halogens is 2. The molecule has 108 valence electrons. The van der Waals surface area contributed by atoms with Gasteiger partial charge in [0.1, 0.15) is 5.76 Å². The number of hydrogen-bond acceptors (Lipinski definition) is 2. The molecule has 0 saturated carbocycles. The molecule has 1 unspecified atom stereocenters. The normalized spacial score (nSPS) is 12.7. The predicted octanol–water partition coefficient (Wildman–Crippen LogP) is 5.35. The molecule has 3 aromatic rings. The van der Waals surface area contributed by atoms with Gasteiger partial charge in [0.15, 0.2) is 5.58 Å². The van der Waals surface area contributed by atoms with E-state index in [0.29, 0.717) is 5.02 Å². The molecule has 0 radical (unpaired) electrons. The number of likely N-dealkylation sites (N-methyl/N-ethyl adjacent to an activating group) is 1. The van der Waals surface area contributed by atoms with E-state index in [1.807, 2.05) is 37.4 Å². The fourth-order valence-corrected chi connectivity index (χ4v) is 3.11. The monoisotopic (exact) mass is 363 g/mol. The standard InChI is InChI=1S/C17H15BrClNO/c1-20-15(9-11-5-2-3-7-13(11)18)16-10-12-6-4-8-14(19)17(12)21-16/h2-8,10,15,20H,9H2,1H3. The summed E-state index contributed by atoms with van der Waals surface area (Å²) in [6, 6.07) is 16.2. The van der Waals surface area contributed by atoms with E-state index in [4.69, 9.17) is 16.0 Å². The Balaban J connectivity index is 1.95. The summed E-state index contributed by atoms with van der Waals surface area (Å²) in [6.07, 6.45) is 0.843. The third-order valence-corrected chi connectivity index (χ3v) is 4.66. The van der Waals surface area contributed by atoms with Crippen molar-refractivity contribution >= 4 is 38.5 Å². The van der Waals surface area contributed by atoms with Gasteiger partial charge in [0.2, 0.25) is 0 Å². The smallest absolute Gasteiger partial charge is 0.152 e. The van der Waals surface area contributed by atoms with Crippen LogP contribution in [0.1, 0.15) is 17.4 Å². The highest BCUT2D eigenvalue weighted by molar-refractivity contribution is 9.10. The van der Waals surface area contributed by atoms with Crippen molar-refractivity contribution in [3.63, 3.8) is 0 Å².